The van der Waals surface area contributed by atoms with Gasteiger partial charge < -0.3 is 16.8 Å². The van der Waals surface area contributed by atoms with Gasteiger partial charge in [-0.2, -0.15) is 15.1 Å². The standard InChI is InChI=1S/C17H15ClFN9O/c1-7(23-14-12(18)13(20)25-17(21)26-14)15-24-10-3-2-8(19)6-9(10)16(29)28(15)11-4-5-22-27-11/h2-7H,1H3,(H,22,27)(H5,20,21,23,25,26). The fraction of sp³-hybridized carbons (Fsp3) is 0.118. The normalized spacial score (nSPS) is 12.2. The second-order valence-corrected chi connectivity index (χ2v) is 6.59. The number of fused-ring (bicyclic) bond motifs is 1. The molecule has 12 heteroatoms. The SMILES string of the molecule is CC(Nc1nc(N)nc(N)c1Cl)c1nc2ccc(F)cc2c(=O)n1-c1ccn[nH]1. The van der Waals surface area contributed by atoms with E-state index in [1.54, 1.807) is 13.0 Å². The molecule has 1 unspecified atom stereocenters. The lowest BCUT2D eigenvalue weighted by Gasteiger charge is -2.20. The molecule has 0 radical (unpaired) electrons. The summed E-state index contributed by atoms with van der Waals surface area (Å²) >= 11 is 6.16. The number of aromatic amines is 1. The summed E-state index contributed by atoms with van der Waals surface area (Å²) in [7, 11) is 0. The van der Waals surface area contributed by atoms with Crippen LogP contribution >= 0.6 is 11.6 Å². The number of nitrogen functional groups attached to an aromatic ring is 2. The number of hydrogen-bond acceptors (Lipinski definition) is 8. The van der Waals surface area contributed by atoms with E-state index in [4.69, 9.17) is 23.1 Å². The summed E-state index contributed by atoms with van der Waals surface area (Å²) in [4.78, 5) is 25.5. The number of benzene rings is 1. The highest BCUT2D eigenvalue weighted by Crippen LogP contribution is 2.29. The first-order valence-electron chi connectivity index (χ1n) is 8.42. The zero-order chi connectivity index (χ0) is 20.7. The molecule has 4 rings (SSSR count). The predicted molar refractivity (Wildman–Crippen MR) is 107 cm³/mol. The first-order chi connectivity index (χ1) is 13.8. The number of H-pyrrole nitrogens is 1. The topological polar surface area (TPSA) is 153 Å². The van der Waals surface area contributed by atoms with Crippen molar-refractivity contribution in [3.63, 3.8) is 0 Å². The molecule has 1 aromatic carbocycles. The van der Waals surface area contributed by atoms with Gasteiger partial charge in [-0.25, -0.2) is 13.9 Å². The molecule has 0 fully saturated rings. The third-order valence-corrected chi connectivity index (χ3v) is 4.59. The Morgan fingerprint density at radius 2 is 2.03 bits per heavy atom. The molecule has 148 valence electrons. The van der Waals surface area contributed by atoms with Gasteiger partial charge in [0.1, 0.15) is 28.3 Å². The van der Waals surface area contributed by atoms with Crippen molar-refractivity contribution >= 4 is 40.1 Å². The van der Waals surface area contributed by atoms with Crippen LogP contribution in [0, 0.1) is 5.82 Å². The Hall–Kier alpha value is -3.73. The van der Waals surface area contributed by atoms with Gasteiger partial charge in [-0.1, -0.05) is 11.6 Å². The lowest BCUT2D eigenvalue weighted by Crippen LogP contribution is -2.28. The Morgan fingerprint density at radius 3 is 2.76 bits per heavy atom. The Bertz CT molecular complexity index is 1270. The molecule has 0 aliphatic carbocycles. The van der Waals surface area contributed by atoms with E-state index in [9.17, 15) is 9.18 Å². The van der Waals surface area contributed by atoms with Gasteiger partial charge in [0.05, 0.1) is 23.1 Å². The maximum Gasteiger partial charge on any atom is 0.267 e. The quantitative estimate of drug-likeness (QED) is 0.394. The summed E-state index contributed by atoms with van der Waals surface area (Å²) in [6, 6.07) is 4.83. The van der Waals surface area contributed by atoms with E-state index in [1.165, 1.54) is 22.9 Å². The van der Waals surface area contributed by atoms with Gasteiger partial charge >= 0.3 is 0 Å². The van der Waals surface area contributed by atoms with Gasteiger partial charge in [-0.15, -0.1) is 0 Å². The van der Waals surface area contributed by atoms with Gasteiger partial charge in [0.25, 0.3) is 5.56 Å². The molecule has 0 aliphatic rings. The van der Waals surface area contributed by atoms with Crippen LogP contribution in [0.2, 0.25) is 5.02 Å². The third kappa shape index (κ3) is 3.31. The van der Waals surface area contributed by atoms with E-state index < -0.39 is 17.4 Å². The highest BCUT2D eigenvalue weighted by Gasteiger charge is 2.21. The average molecular weight is 416 g/mol. The van der Waals surface area contributed by atoms with E-state index in [0.717, 1.165) is 6.07 Å². The molecule has 0 aliphatic heterocycles. The summed E-state index contributed by atoms with van der Waals surface area (Å²) in [6.07, 6.45) is 1.49. The molecule has 0 amide bonds. The molecule has 3 aromatic heterocycles. The highest BCUT2D eigenvalue weighted by molar-refractivity contribution is 6.35. The van der Waals surface area contributed by atoms with Crippen LogP contribution in [0.3, 0.4) is 0 Å². The van der Waals surface area contributed by atoms with Gasteiger partial charge in [-0.3, -0.25) is 9.89 Å². The van der Waals surface area contributed by atoms with Crippen LogP contribution in [0.25, 0.3) is 16.7 Å². The number of hydrogen-bond donors (Lipinski definition) is 4. The van der Waals surface area contributed by atoms with E-state index in [2.05, 4.69) is 30.5 Å². The predicted octanol–water partition coefficient (Wildman–Crippen LogP) is 2.03. The molecule has 10 nitrogen and oxygen atoms in total. The molecule has 0 saturated heterocycles. The van der Waals surface area contributed by atoms with Crippen molar-refractivity contribution in [2.45, 2.75) is 13.0 Å². The summed E-state index contributed by atoms with van der Waals surface area (Å²) in [5.74, 6) is 0.283. The molecule has 29 heavy (non-hydrogen) atoms. The van der Waals surface area contributed by atoms with E-state index in [-0.39, 0.29) is 28.0 Å². The third-order valence-electron chi connectivity index (χ3n) is 4.22. The fourth-order valence-electron chi connectivity index (χ4n) is 2.92. The van der Waals surface area contributed by atoms with E-state index >= 15 is 0 Å². The molecule has 1 atom stereocenters. The second-order valence-electron chi connectivity index (χ2n) is 6.21. The number of rotatable bonds is 4. The Balaban J connectivity index is 1.90. The molecular weight excluding hydrogens is 401 g/mol. The largest absolute Gasteiger partial charge is 0.382 e. The molecule has 0 bridgehead atoms. The molecule has 0 saturated carbocycles. The maximum atomic E-state index is 13.7. The van der Waals surface area contributed by atoms with Crippen LogP contribution < -0.4 is 22.3 Å². The van der Waals surface area contributed by atoms with E-state index in [1.807, 2.05) is 0 Å². The first-order valence-corrected chi connectivity index (χ1v) is 8.80. The molecule has 4 aromatic rings. The van der Waals surface area contributed by atoms with Gasteiger partial charge in [0.15, 0.2) is 5.82 Å². The zero-order valence-electron chi connectivity index (χ0n) is 15.0. The zero-order valence-corrected chi connectivity index (χ0v) is 15.8. The second kappa shape index (κ2) is 7.02. The van der Waals surface area contributed by atoms with Crippen LogP contribution in [0.4, 0.5) is 22.0 Å². The smallest absolute Gasteiger partial charge is 0.267 e. The monoisotopic (exact) mass is 415 g/mol. The molecule has 6 N–H and O–H groups in total. The number of halogens is 2. The van der Waals surface area contributed by atoms with Crippen molar-refractivity contribution in [2.24, 2.45) is 0 Å². The number of nitrogens with zero attached hydrogens (tertiary/aromatic N) is 5. The van der Waals surface area contributed by atoms with Crippen molar-refractivity contribution in [1.82, 2.24) is 29.7 Å². The van der Waals surface area contributed by atoms with Crippen LogP contribution in [0.1, 0.15) is 18.8 Å². The van der Waals surface area contributed by atoms with Crippen molar-refractivity contribution in [2.75, 3.05) is 16.8 Å². The molecular formula is C17H15ClFN9O. The summed E-state index contributed by atoms with van der Waals surface area (Å²) in [5.41, 5.74) is 11.2. The van der Waals surface area contributed by atoms with Gasteiger partial charge in [0.2, 0.25) is 5.95 Å². The van der Waals surface area contributed by atoms with Crippen LogP contribution in [0.15, 0.2) is 35.3 Å². The number of aromatic nitrogens is 6. The van der Waals surface area contributed by atoms with Crippen molar-refractivity contribution < 1.29 is 4.39 Å². The highest BCUT2D eigenvalue weighted by atomic mass is 35.5. The Morgan fingerprint density at radius 1 is 1.24 bits per heavy atom. The average Bonchev–Trinajstić information content (AvgIpc) is 3.20. The minimum Gasteiger partial charge on any atom is -0.382 e. The Labute approximate surface area is 167 Å². The first kappa shape index (κ1) is 18.6. The minimum atomic E-state index is -0.577. The Kier molecular flexibility index (Phi) is 4.51. The lowest BCUT2D eigenvalue weighted by molar-refractivity contribution is 0.629. The molecule has 0 spiro atoms. The summed E-state index contributed by atoms with van der Waals surface area (Å²) < 4.78 is 15.0. The minimum absolute atomic E-state index is 0.0155. The van der Waals surface area contributed by atoms with E-state index in [0.29, 0.717) is 17.2 Å². The van der Waals surface area contributed by atoms with Gasteiger partial charge in [-0.05, 0) is 25.1 Å². The number of nitrogens with two attached hydrogens (primary N) is 2. The van der Waals surface area contributed by atoms with Crippen LogP contribution in [0.5, 0.6) is 0 Å². The fourth-order valence-corrected chi connectivity index (χ4v) is 3.06. The van der Waals surface area contributed by atoms with Crippen molar-refractivity contribution in [3.05, 3.63) is 57.5 Å². The van der Waals surface area contributed by atoms with Crippen molar-refractivity contribution in [3.8, 4) is 5.82 Å². The summed E-state index contributed by atoms with van der Waals surface area (Å²) in [5, 5.41) is 9.86. The number of anilines is 3. The van der Waals surface area contributed by atoms with Crippen LogP contribution in [-0.4, -0.2) is 29.7 Å². The van der Waals surface area contributed by atoms with Gasteiger partial charge in [0, 0.05) is 6.07 Å². The lowest BCUT2D eigenvalue weighted by atomic mass is 10.2. The number of nitrogens with one attached hydrogen (secondary N) is 2. The molecule has 3 heterocycles. The van der Waals surface area contributed by atoms with Crippen LogP contribution in [-0.2, 0) is 0 Å². The van der Waals surface area contributed by atoms with Crippen molar-refractivity contribution in [1.29, 1.82) is 0 Å². The maximum absolute atomic E-state index is 13.7. The summed E-state index contributed by atoms with van der Waals surface area (Å²) in [6.45, 7) is 1.74.